The van der Waals surface area contributed by atoms with Crippen LogP contribution < -0.4 is 11.5 Å². The lowest BCUT2D eigenvalue weighted by Crippen LogP contribution is -2.24. The maximum Gasteiger partial charge on any atom is 0.280 e. The van der Waals surface area contributed by atoms with Gasteiger partial charge in [0.15, 0.2) is 15.8 Å². The SMILES string of the molecule is Cc1ccc(-c2cc(C)c(C(=O)N=C(N)N)cc2S(C)(=O)=O)cc1.Cl. The van der Waals surface area contributed by atoms with Crippen LogP contribution in [-0.2, 0) is 9.84 Å². The van der Waals surface area contributed by atoms with Crippen molar-refractivity contribution in [3.05, 3.63) is 53.1 Å². The quantitative estimate of drug-likeness (QED) is 0.624. The van der Waals surface area contributed by atoms with Crippen LogP contribution in [0, 0.1) is 13.8 Å². The van der Waals surface area contributed by atoms with E-state index in [1.165, 1.54) is 6.07 Å². The van der Waals surface area contributed by atoms with Gasteiger partial charge in [0, 0.05) is 17.4 Å². The second-order valence-electron chi connectivity index (χ2n) is 5.64. The number of rotatable bonds is 3. The van der Waals surface area contributed by atoms with Crippen molar-refractivity contribution in [3.63, 3.8) is 0 Å². The van der Waals surface area contributed by atoms with Crippen molar-refractivity contribution < 1.29 is 13.2 Å². The summed E-state index contributed by atoms with van der Waals surface area (Å²) in [5.41, 5.74) is 13.6. The van der Waals surface area contributed by atoms with Gasteiger partial charge in [0.2, 0.25) is 0 Å². The predicted octanol–water partition coefficient (Wildman–Crippen LogP) is 2.21. The molecule has 4 N–H and O–H groups in total. The summed E-state index contributed by atoms with van der Waals surface area (Å²) in [4.78, 5) is 15.7. The third kappa shape index (κ3) is 4.80. The molecule has 0 radical (unpaired) electrons. The Kier molecular flexibility index (Phi) is 6.34. The molecule has 0 spiro atoms. The van der Waals surface area contributed by atoms with Crippen LogP contribution >= 0.6 is 12.4 Å². The molecule has 0 atom stereocenters. The van der Waals surface area contributed by atoms with Gasteiger partial charge in [0.05, 0.1) is 4.90 Å². The van der Waals surface area contributed by atoms with Crippen molar-refractivity contribution in [2.45, 2.75) is 18.7 Å². The number of nitrogens with zero attached hydrogens (tertiary/aromatic N) is 1. The molecular weight excluding hydrogens is 362 g/mol. The molecule has 2 aromatic carbocycles. The van der Waals surface area contributed by atoms with E-state index in [1.807, 2.05) is 31.2 Å². The topological polar surface area (TPSA) is 116 Å². The van der Waals surface area contributed by atoms with Gasteiger partial charge in [-0.15, -0.1) is 12.4 Å². The molecule has 25 heavy (non-hydrogen) atoms. The Labute approximate surface area is 153 Å². The number of aliphatic imine (C=N–C) groups is 1. The summed E-state index contributed by atoms with van der Waals surface area (Å²) in [7, 11) is -3.56. The van der Waals surface area contributed by atoms with Crippen LogP contribution in [0.4, 0.5) is 0 Å². The van der Waals surface area contributed by atoms with Crippen molar-refractivity contribution in [2.24, 2.45) is 16.5 Å². The van der Waals surface area contributed by atoms with E-state index in [0.717, 1.165) is 17.4 Å². The summed E-state index contributed by atoms with van der Waals surface area (Å²) in [6.45, 7) is 3.66. The molecule has 1 amide bonds. The molecule has 0 unspecified atom stereocenters. The van der Waals surface area contributed by atoms with Crippen LogP contribution in [0.15, 0.2) is 46.3 Å². The molecule has 0 aliphatic carbocycles. The highest BCUT2D eigenvalue weighted by Crippen LogP contribution is 2.31. The molecule has 2 aromatic rings. The van der Waals surface area contributed by atoms with Gasteiger partial charge in [-0.2, -0.15) is 4.99 Å². The Balaban J connectivity index is 0.00000312. The number of benzene rings is 2. The van der Waals surface area contributed by atoms with Crippen LogP contribution in [0.2, 0.25) is 0 Å². The first-order chi connectivity index (χ1) is 11.1. The van der Waals surface area contributed by atoms with Crippen molar-refractivity contribution in [3.8, 4) is 11.1 Å². The second kappa shape index (κ2) is 7.67. The van der Waals surface area contributed by atoms with Gasteiger partial charge < -0.3 is 11.5 Å². The van der Waals surface area contributed by atoms with E-state index in [1.54, 1.807) is 13.0 Å². The van der Waals surface area contributed by atoms with Gasteiger partial charge in [0.1, 0.15) is 0 Å². The lowest BCUT2D eigenvalue weighted by molar-refractivity contribution is 0.100. The first-order valence-corrected chi connectivity index (χ1v) is 9.04. The summed E-state index contributed by atoms with van der Waals surface area (Å²) >= 11 is 0. The Morgan fingerprint density at radius 3 is 2.08 bits per heavy atom. The smallest absolute Gasteiger partial charge is 0.280 e. The van der Waals surface area contributed by atoms with Gasteiger partial charge in [-0.1, -0.05) is 29.8 Å². The molecule has 134 valence electrons. The lowest BCUT2D eigenvalue weighted by atomic mass is 9.98. The van der Waals surface area contributed by atoms with E-state index in [4.69, 9.17) is 11.5 Å². The van der Waals surface area contributed by atoms with Gasteiger partial charge in [0.25, 0.3) is 5.91 Å². The summed E-state index contributed by atoms with van der Waals surface area (Å²) in [6, 6.07) is 10.5. The highest BCUT2D eigenvalue weighted by molar-refractivity contribution is 7.90. The predicted molar refractivity (Wildman–Crippen MR) is 102 cm³/mol. The third-order valence-corrected chi connectivity index (χ3v) is 4.69. The summed E-state index contributed by atoms with van der Waals surface area (Å²) in [5, 5.41) is 0. The van der Waals surface area contributed by atoms with E-state index in [-0.39, 0.29) is 28.8 Å². The minimum absolute atomic E-state index is 0. The molecular formula is C17H20ClN3O3S. The van der Waals surface area contributed by atoms with Crippen LogP contribution in [0.3, 0.4) is 0 Å². The zero-order chi connectivity index (χ0) is 18.1. The number of guanidine groups is 1. The highest BCUT2D eigenvalue weighted by Gasteiger charge is 2.20. The first-order valence-electron chi connectivity index (χ1n) is 7.15. The fourth-order valence-corrected chi connectivity index (χ4v) is 3.27. The highest BCUT2D eigenvalue weighted by atomic mass is 35.5. The van der Waals surface area contributed by atoms with Crippen molar-refractivity contribution >= 4 is 34.1 Å². The largest absolute Gasteiger partial charge is 0.370 e. The van der Waals surface area contributed by atoms with E-state index in [2.05, 4.69) is 4.99 Å². The monoisotopic (exact) mass is 381 g/mol. The number of aryl methyl sites for hydroxylation is 2. The Morgan fingerprint density at radius 1 is 1.04 bits per heavy atom. The fourth-order valence-electron chi connectivity index (χ4n) is 2.36. The average molecular weight is 382 g/mol. The van der Waals surface area contributed by atoms with Crippen molar-refractivity contribution in [1.82, 2.24) is 0 Å². The zero-order valence-corrected chi connectivity index (χ0v) is 15.7. The number of nitrogens with two attached hydrogens (primary N) is 2. The molecule has 8 heteroatoms. The number of hydrogen-bond donors (Lipinski definition) is 2. The number of hydrogen-bond acceptors (Lipinski definition) is 3. The molecule has 0 saturated carbocycles. The van der Waals surface area contributed by atoms with Crippen LogP contribution in [0.1, 0.15) is 21.5 Å². The maximum absolute atomic E-state index is 12.2. The minimum atomic E-state index is -3.56. The average Bonchev–Trinajstić information content (AvgIpc) is 2.45. The number of halogens is 1. The first kappa shape index (κ1) is 20.7. The fraction of sp³-hybridized carbons (Fsp3) is 0.176. The van der Waals surface area contributed by atoms with E-state index in [9.17, 15) is 13.2 Å². The molecule has 0 aliphatic heterocycles. The van der Waals surface area contributed by atoms with E-state index < -0.39 is 15.7 Å². The Bertz CT molecular complexity index is 932. The van der Waals surface area contributed by atoms with Crippen LogP contribution in [0.25, 0.3) is 11.1 Å². The molecule has 0 aromatic heterocycles. The van der Waals surface area contributed by atoms with Gasteiger partial charge in [-0.05, 0) is 37.1 Å². The number of amides is 1. The van der Waals surface area contributed by atoms with Gasteiger partial charge in [-0.25, -0.2) is 8.42 Å². The summed E-state index contributed by atoms with van der Waals surface area (Å²) in [5.74, 6) is -1.05. The van der Waals surface area contributed by atoms with E-state index in [0.29, 0.717) is 11.1 Å². The van der Waals surface area contributed by atoms with Gasteiger partial charge in [-0.3, -0.25) is 4.79 Å². The molecule has 6 nitrogen and oxygen atoms in total. The normalized spacial score (nSPS) is 10.7. The molecule has 0 saturated heterocycles. The number of carbonyl (C=O) groups excluding carboxylic acids is 1. The number of carbonyl (C=O) groups is 1. The molecule has 0 fully saturated rings. The summed E-state index contributed by atoms with van der Waals surface area (Å²) in [6.07, 6.45) is 1.10. The van der Waals surface area contributed by atoms with Crippen molar-refractivity contribution in [2.75, 3.05) is 6.26 Å². The van der Waals surface area contributed by atoms with Gasteiger partial charge >= 0.3 is 0 Å². The third-order valence-electron chi connectivity index (χ3n) is 3.55. The molecule has 2 rings (SSSR count). The molecule has 0 aliphatic rings. The summed E-state index contributed by atoms with van der Waals surface area (Å²) < 4.78 is 24.4. The van der Waals surface area contributed by atoms with Crippen LogP contribution in [0.5, 0.6) is 0 Å². The number of sulfone groups is 1. The lowest BCUT2D eigenvalue weighted by Gasteiger charge is -2.13. The standard InChI is InChI=1S/C17H19N3O3S.ClH/c1-10-4-6-12(7-5-10)14-8-11(2)13(16(21)20-17(18)19)9-15(14)24(3,22)23;/h4-9H,1-3H3,(H4,18,19,20,21);1H. The zero-order valence-electron chi connectivity index (χ0n) is 14.1. The minimum Gasteiger partial charge on any atom is -0.370 e. The Hall–Kier alpha value is -2.38. The van der Waals surface area contributed by atoms with Crippen molar-refractivity contribution in [1.29, 1.82) is 0 Å². The maximum atomic E-state index is 12.2. The molecule has 0 heterocycles. The molecule has 0 bridgehead atoms. The van der Waals surface area contributed by atoms with E-state index >= 15 is 0 Å². The second-order valence-corrected chi connectivity index (χ2v) is 7.63. The Morgan fingerprint density at radius 2 is 1.60 bits per heavy atom. The van der Waals surface area contributed by atoms with Crippen LogP contribution in [-0.4, -0.2) is 26.5 Å².